The van der Waals surface area contributed by atoms with Crippen LogP contribution in [-0.4, -0.2) is 69.8 Å². The minimum Gasteiger partial charge on any atom is -0.381 e. The summed E-state index contributed by atoms with van der Waals surface area (Å²) in [6.45, 7) is 7.41. The van der Waals surface area contributed by atoms with Crippen LogP contribution >= 0.6 is 11.6 Å². The van der Waals surface area contributed by atoms with E-state index in [4.69, 9.17) is 16.3 Å². The lowest BCUT2D eigenvalue weighted by atomic mass is 10.0. The third-order valence-corrected chi connectivity index (χ3v) is 6.41. The summed E-state index contributed by atoms with van der Waals surface area (Å²) in [6, 6.07) is 7.38. The van der Waals surface area contributed by atoms with E-state index in [1.807, 2.05) is 38.1 Å². The van der Waals surface area contributed by atoms with Crippen LogP contribution < -0.4 is 10.9 Å². The average Bonchev–Trinajstić information content (AvgIpc) is 2.90. The molecule has 4 rings (SSSR count). The molecule has 0 saturated heterocycles. The molecule has 0 bridgehead atoms. The molecule has 1 N–H and O–H groups in total. The SMILES string of the molecule is CCn1c(=O)c(-c2ccc(-c3cncc(C)n3)cc2Cl)cc2cnc(NCCCOCCCN(C)C)nc21. The summed E-state index contributed by atoms with van der Waals surface area (Å²) >= 11 is 6.67. The van der Waals surface area contributed by atoms with E-state index in [0.29, 0.717) is 47.4 Å². The number of nitrogens with one attached hydrogen (secondary N) is 1. The molecule has 10 heteroatoms. The highest BCUT2D eigenvalue weighted by Gasteiger charge is 2.16. The van der Waals surface area contributed by atoms with Crippen molar-refractivity contribution in [1.29, 1.82) is 0 Å². The molecule has 0 radical (unpaired) electrons. The van der Waals surface area contributed by atoms with Crippen molar-refractivity contribution in [3.05, 3.63) is 63.9 Å². The van der Waals surface area contributed by atoms with E-state index in [-0.39, 0.29) is 5.56 Å². The molecule has 0 atom stereocenters. The standard InChI is InChI=1S/C28H34ClN7O2/c1-5-36-26-21(17-32-28(34-26)31-10-6-12-38-13-7-11-35(3)4)14-23(27(36)37)22-9-8-20(15-24(22)29)25-18-30-16-19(2)33-25/h8-9,14-18H,5-7,10-13H2,1-4H3,(H,31,32,34). The van der Waals surface area contributed by atoms with E-state index < -0.39 is 0 Å². The predicted molar refractivity (Wildman–Crippen MR) is 153 cm³/mol. The zero-order valence-corrected chi connectivity index (χ0v) is 23.1. The second-order valence-corrected chi connectivity index (χ2v) is 9.78. The van der Waals surface area contributed by atoms with Crippen LogP contribution in [0.5, 0.6) is 0 Å². The molecule has 0 unspecified atom stereocenters. The number of aryl methyl sites for hydroxylation is 2. The molecule has 0 spiro atoms. The van der Waals surface area contributed by atoms with Crippen LogP contribution in [0.2, 0.25) is 5.02 Å². The van der Waals surface area contributed by atoms with Gasteiger partial charge >= 0.3 is 0 Å². The van der Waals surface area contributed by atoms with Crippen molar-refractivity contribution in [2.75, 3.05) is 45.7 Å². The summed E-state index contributed by atoms with van der Waals surface area (Å²) < 4.78 is 7.33. The molecule has 0 aliphatic carbocycles. The monoisotopic (exact) mass is 535 g/mol. The van der Waals surface area contributed by atoms with E-state index in [0.717, 1.165) is 48.3 Å². The van der Waals surface area contributed by atoms with Gasteiger partial charge in [-0.2, -0.15) is 4.98 Å². The van der Waals surface area contributed by atoms with Gasteiger partial charge in [0, 0.05) is 65.8 Å². The van der Waals surface area contributed by atoms with Gasteiger partial charge in [0.2, 0.25) is 5.95 Å². The lowest BCUT2D eigenvalue weighted by Gasteiger charge is -2.13. The Morgan fingerprint density at radius 3 is 2.61 bits per heavy atom. The Balaban J connectivity index is 1.50. The van der Waals surface area contributed by atoms with E-state index in [2.05, 4.69) is 44.2 Å². The molecule has 0 aliphatic heterocycles. The van der Waals surface area contributed by atoms with Gasteiger partial charge in [0.05, 0.1) is 17.6 Å². The number of aromatic nitrogens is 5. The lowest BCUT2D eigenvalue weighted by Crippen LogP contribution is -2.22. The Morgan fingerprint density at radius 2 is 1.87 bits per heavy atom. The largest absolute Gasteiger partial charge is 0.381 e. The first-order valence-electron chi connectivity index (χ1n) is 12.8. The zero-order chi connectivity index (χ0) is 27.1. The van der Waals surface area contributed by atoms with Gasteiger partial charge in [-0.05, 0) is 59.5 Å². The Labute approximate surface area is 227 Å². The molecule has 3 aromatic heterocycles. The van der Waals surface area contributed by atoms with Gasteiger partial charge in [0.1, 0.15) is 5.65 Å². The van der Waals surface area contributed by atoms with Gasteiger partial charge in [0.15, 0.2) is 0 Å². The first kappa shape index (κ1) is 27.6. The maximum absolute atomic E-state index is 13.5. The van der Waals surface area contributed by atoms with Crippen LogP contribution in [0.3, 0.4) is 0 Å². The van der Waals surface area contributed by atoms with Crippen molar-refractivity contribution >= 4 is 28.6 Å². The Hall–Kier alpha value is -3.40. The number of pyridine rings is 1. The summed E-state index contributed by atoms with van der Waals surface area (Å²) in [5, 5.41) is 4.47. The molecular weight excluding hydrogens is 502 g/mol. The second kappa shape index (κ2) is 12.9. The number of hydrogen-bond donors (Lipinski definition) is 1. The maximum Gasteiger partial charge on any atom is 0.260 e. The first-order valence-corrected chi connectivity index (χ1v) is 13.2. The van der Waals surface area contributed by atoms with Crippen molar-refractivity contribution in [2.24, 2.45) is 0 Å². The normalized spacial score (nSPS) is 11.4. The summed E-state index contributed by atoms with van der Waals surface area (Å²) in [6.07, 6.45) is 6.99. The van der Waals surface area contributed by atoms with Crippen LogP contribution in [0.15, 0.2) is 47.7 Å². The van der Waals surface area contributed by atoms with Crippen LogP contribution in [0.4, 0.5) is 5.95 Å². The highest BCUT2D eigenvalue weighted by atomic mass is 35.5. The van der Waals surface area contributed by atoms with Crippen molar-refractivity contribution in [3.63, 3.8) is 0 Å². The van der Waals surface area contributed by atoms with E-state index in [1.54, 1.807) is 23.2 Å². The van der Waals surface area contributed by atoms with Crippen molar-refractivity contribution in [1.82, 2.24) is 29.4 Å². The summed E-state index contributed by atoms with van der Waals surface area (Å²) in [7, 11) is 4.11. The van der Waals surface area contributed by atoms with E-state index >= 15 is 0 Å². The highest BCUT2D eigenvalue weighted by Crippen LogP contribution is 2.31. The molecule has 0 aliphatic rings. The van der Waals surface area contributed by atoms with Gasteiger partial charge in [0.25, 0.3) is 5.56 Å². The van der Waals surface area contributed by atoms with Crippen molar-refractivity contribution < 1.29 is 4.74 Å². The topological polar surface area (TPSA) is 98.1 Å². The Morgan fingerprint density at radius 1 is 1.05 bits per heavy atom. The molecule has 4 aromatic rings. The van der Waals surface area contributed by atoms with Crippen molar-refractivity contribution in [2.45, 2.75) is 33.2 Å². The maximum atomic E-state index is 13.5. The van der Waals surface area contributed by atoms with Gasteiger partial charge in [-0.25, -0.2) is 9.97 Å². The Bertz CT molecular complexity index is 1460. The van der Waals surface area contributed by atoms with Crippen LogP contribution in [0.25, 0.3) is 33.4 Å². The fourth-order valence-electron chi connectivity index (χ4n) is 4.19. The number of halogens is 1. The quantitative estimate of drug-likeness (QED) is 0.261. The van der Waals surface area contributed by atoms with Crippen LogP contribution in [-0.2, 0) is 11.3 Å². The molecule has 1 aromatic carbocycles. The minimum atomic E-state index is -0.152. The average molecular weight is 536 g/mol. The highest BCUT2D eigenvalue weighted by molar-refractivity contribution is 6.33. The van der Waals surface area contributed by atoms with E-state index in [1.165, 1.54) is 0 Å². The first-order chi connectivity index (χ1) is 18.4. The second-order valence-electron chi connectivity index (χ2n) is 9.37. The third-order valence-electron chi connectivity index (χ3n) is 6.10. The molecular formula is C28H34ClN7O2. The predicted octanol–water partition coefficient (Wildman–Crippen LogP) is 4.67. The number of benzene rings is 1. The van der Waals surface area contributed by atoms with E-state index in [9.17, 15) is 4.79 Å². The fraction of sp³-hybridized carbons (Fsp3) is 0.393. The molecule has 200 valence electrons. The summed E-state index contributed by atoms with van der Waals surface area (Å²) in [5.74, 6) is 0.487. The molecule has 9 nitrogen and oxygen atoms in total. The molecule has 0 amide bonds. The summed E-state index contributed by atoms with van der Waals surface area (Å²) in [5.41, 5.74) is 3.97. The zero-order valence-electron chi connectivity index (χ0n) is 22.4. The smallest absolute Gasteiger partial charge is 0.260 e. The Kier molecular flexibility index (Phi) is 9.38. The number of hydrogen-bond acceptors (Lipinski definition) is 8. The number of anilines is 1. The van der Waals surface area contributed by atoms with Crippen LogP contribution in [0.1, 0.15) is 25.5 Å². The molecule has 38 heavy (non-hydrogen) atoms. The minimum absolute atomic E-state index is 0.152. The van der Waals surface area contributed by atoms with Crippen LogP contribution in [0, 0.1) is 6.92 Å². The van der Waals surface area contributed by atoms with Gasteiger partial charge in [-0.1, -0.05) is 23.7 Å². The van der Waals surface area contributed by atoms with Gasteiger partial charge < -0.3 is 15.0 Å². The van der Waals surface area contributed by atoms with Gasteiger partial charge in [-0.3, -0.25) is 14.3 Å². The fourth-order valence-corrected chi connectivity index (χ4v) is 4.47. The molecule has 0 saturated carbocycles. The summed E-state index contributed by atoms with van der Waals surface area (Å²) in [4.78, 5) is 33.5. The van der Waals surface area contributed by atoms with Gasteiger partial charge in [-0.15, -0.1) is 0 Å². The lowest BCUT2D eigenvalue weighted by molar-refractivity contribution is 0.125. The number of ether oxygens (including phenoxy) is 1. The molecule has 3 heterocycles. The number of nitrogens with zero attached hydrogens (tertiary/aromatic N) is 6. The van der Waals surface area contributed by atoms with Crippen molar-refractivity contribution in [3.8, 4) is 22.4 Å². The number of fused-ring (bicyclic) bond motifs is 1. The molecule has 0 fully saturated rings. The third kappa shape index (κ3) is 6.72. The number of rotatable bonds is 12.